The number of amides is 1. The molecule has 3 aliphatic rings. The van der Waals surface area contributed by atoms with Gasteiger partial charge in [0.15, 0.2) is 11.5 Å². The Labute approximate surface area is 177 Å². The standard InChI is InChI=1S/C24H28N2O4/c1-16-17(7-4-12-25-16)23(27)26-13-10-24(11-14-26)19-8-5-15-29-21(19)18-6-3-9-20(28-2)22(18)30-24/h3-4,6-7,9,12,19,21H,5,8,10-11,13-15H2,1-2H3/t19-,21+/m0/s1. The van der Waals surface area contributed by atoms with E-state index in [0.717, 1.165) is 55.0 Å². The first-order valence-electron chi connectivity index (χ1n) is 10.8. The van der Waals surface area contributed by atoms with Crippen LogP contribution < -0.4 is 9.47 Å². The van der Waals surface area contributed by atoms with Crippen LogP contribution in [0.4, 0.5) is 0 Å². The van der Waals surface area contributed by atoms with E-state index in [-0.39, 0.29) is 17.6 Å². The zero-order valence-corrected chi connectivity index (χ0v) is 17.6. The van der Waals surface area contributed by atoms with Crippen LogP contribution in [0.1, 0.15) is 53.4 Å². The van der Waals surface area contributed by atoms with Gasteiger partial charge in [-0.1, -0.05) is 12.1 Å². The highest BCUT2D eigenvalue weighted by molar-refractivity contribution is 5.95. The van der Waals surface area contributed by atoms with Gasteiger partial charge in [-0.25, -0.2) is 0 Å². The first-order chi connectivity index (χ1) is 14.6. The predicted octanol–water partition coefficient (Wildman–Crippen LogP) is 3.93. The second kappa shape index (κ2) is 7.58. The van der Waals surface area contributed by atoms with Crippen LogP contribution in [0.5, 0.6) is 11.5 Å². The minimum absolute atomic E-state index is 0.0282. The lowest BCUT2D eigenvalue weighted by atomic mass is 9.70. The van der Waals surface area contributed by atoms with E-state index >= 15 is 0 Å². The number of nitrogens with zero attached hydrogens (tertiary/aromatic N) is 2. The van der Waals surface area contributed by atoms with Gasteiger partial charge in [0.05, 0.1) is 18.8 Å². The zero-order chi connectivity index (χ0) is 20.7. The SMILES string of the molecule is COc1cccc2c1OC1(CCN(C(=O)c3cccnc3C)CC1)[C@H]1CCCO[C@H]21. The molecule has 1 aromatic carbocycles. The molecule has 0 unspecified atom stereocenters. The van der Waals surface area contributed by atoms with Gasteiger partial charge in [-0.05, 0) is 38.0 Å². The molecule has 1 amide bonds. The van der Waals surface area contributed by atoms with Gasteiger partial charge in [0.1, 0.15) is 5.60 Å². The number of para-hydroxylation sites is 1. The summed E-state index contributed by atoms with van der Waals surface area (Å²) in [5.74, 6) is 1.92. The minimum atomic E-state index is -0.326. The lowest BCUT2D eigenvalue weighted by Crippen LogP contribution is -2.57. The van der Waals surface area contributed by atoms with Crippen molar-refractivity contribution < 1.29 is 19.0 Å². The topological polar surface area (TPSA) is 60.9 Å². The maximum atomic E-state index is 13.1. The summed E-state index contributed by atoms with van der Waals surface area (Å²) in [7, 11) is 1.68. The lowest BCUT2D eigenvalue weighted by Gasteiger charge is -2.53. The Kier molecular flexibility index (Phi) is 4.89. The van der Waals surface area contributed by atoms with E-state index in [1.54, 1.807) is 13.3 Å². The van der Waals surface area contributed by atoms with Gasteiger partial charge in [0.2, 0.25) is 0 Å². The van der Waals surface area contributed by atoms with Gasteiger partial charge >= 0.3 is 0 Å². The average molecular weight is 408 g/mol. The highest BCUT2D eigenvalue weighted by Gasteiger charge is 2.53. The van der Waals surface area contributed by atoms with Crippen molar-refractivity contribution in [3.63, 3.8) is 0 Å². The van der Waals surface area contributed by atoms with Crippen molar-refractivity contribution in [1.82, 2.24) is 9.88 Å². The number of aromatic nitrogens is 1. The Hall–Kier alpha value is -2.60. The smallest absolute Gasteiger partial charge is 0.255 e. The van der Waals surface area contributed by atoms with Crippen LogP contribution in [0.3, 0.4) is 0 Å². The Morgan fingerprint density at radius 2 is 2.07 bits per heavy atom. The van der Waals surface area contributed by atoms with Gasteiger partial charge in [-0.2, -0.15) is 0 Å². The number of carbonyl (C=O) groups is 1. The molecule has 6 nitrogen and oxygen atoms in total. The van der Waals surface area contributed by atoms with E-state index in [9.17, 15) is 4.79 Å². The quantitative estimate of drug-likeness (QED) is 0.753. The first-order valence-corrected chi connectivity index (χ1v) is 10.8. The Morgan fingerprint density at radius 3 is 2.83 bits per heavy atom. The minimum Gasteiger partial charge on any atom is -0.493 e. The van der Waals surface area contributed by atoms with Crippen LogP contribution in [0, 0.1) is 12.8 Å². The molecule has 2 aromatic rings. The summed E-state index contributed by atoms with van der Waals surface area (Å²) in [6.45, 7) is 4.00. The van der Waals surface area contributed by atoms with Crippen LogP contribution in [0.15, 0.2) is 36.5 Å². The molecule has 0 saturated carbocycles. The number of methoxy groups -OCH3 is 1. The number of aryl methyl sites for hydroxylation is 1. The summed E-state index contributed by atoms with van der Waals surface area (Å²) in [6.07, 6.45) is 5.46. The molecule has 2 atom stereocenters. The number of pyridine rings is 1. The second-order valence-corrected chi connectivity index (χ2v) is 8.51. The zero-order valence-electron chi connectivity index (χ0n) is 17.6. The average Bonchev–Trinajstić information content (AvgIpc) is 2.79. The number of fused-ring (bicyclic) bond motifs is 4. The van der Waals surface area contributed by atoms with Gasteiger partial charge in [0.25, 0.3) is 5.91 Å². The third-order valence-corrected chi connectivity index (χ3v) is 6.97. The Morgan fingerprint density at radius 1 is 1.23 bits per heavy atom. The number of hydrogen-bond acceptors (Lipinski definition) is 5. The molecular formula is C24H28N2O4. The largest absolute Gasteiger partial charge is 0.493 e. The number of benzene rings is 1. The summed E-state index contributed by atoms with van der Waals surface area (Å²) in [5, 5.41) is 0. The third kappa shape index (κ3) is 3.05. The predicted molar refractivity (Wildman–Crippen MR) is 112 cm³/mol. The van der Waals surface area contributed by atoms with E-state index in [1.807, 2.05) is 36.1 Å². The fourth-order valence-corrected chi connectivity index (χ4v) is 5.37. The van der Waals surface area contributed by atoms with E-state index in [2.05, 4.69) is 11.1 Å². The number of hydrogen-bond donors (Lipinski definition) is 0. The summed E-state index contributed by atoms with van der Waals surface area (Å²) < 4.78 is 18.6. The monoisotopic (exact) mass is 408 g/mol. The van der Waals surface area contributed by atoms with Crippen molar-refractivity contribution in [2.24, 2.45) is 5.92 Å². The van der Waals surface area contributed by atoms with Crippen molar-refractivity contribution in [3.8, 4) is 11.5 Å². The van der Waals surface area contributed by atoms with Crippen molar-refractivity contribution in [1.29, 1.82) is 0 Å². The maximum absolute atomic E-state index is 13.1. The molecule has 158 valence electrons. The normalized spacial score (nSPS) is 24.5. The highest BCUT2D eigenvalue weighted by Crippen LogP contribution is 2.55. The van der Waals surface area contributed by atoms with E-state index in [4.69, 9.17) is 14.2 Å². The number of rotatable bonds is 2. The van der Waals surface area contributed by atoms with Crippen LogP contribution in [0.25, 0.3) is 0 Å². The Bertz CT molecular complexity index is 952. The summed E-state index contributed by atoms with van der Waals surface area (Å²) in [4.78, 5) is 19.3. The Balaban J connectivity index is 1.42. The maximum Gasteiger partial charge on any atom is 0.255 e. The van der Waals surface area contributed by atoms with Crippen molar-refractivity contribution in [2.45, 2.75) is 44.3 Å². The summed E-state index contributed by atoms with van der Waals surface area (Å²) in [6, 6.07) is 9.73. The van der Waals surface area contributed by atoms with Gasteiger partial charge in [-0.3, -0.25) is 9.78 Å². The molecule has 3 aliphatic heterocycles. The molecule has 0 aliphatic carbocycles. The molecule has 6 heteroatoms. The lowest BCUT2D eigenvalue weighted by molar-refractivity contribution is -0.147. The van der Waals surface area contributed by atoms with Gasteiger partial charge in [-0.15, -0.1) is 0 Å². The molecule has 30 heavy (non-hydrogen) atoms. The fourth-order valence-electron chi connectivity index (χ4n) is 5.37. The fraction of sp³-hybridized carbons (Fsp3) is 0.500. The van der Waals surface area contributed by atoms with Crippen LogP contribution in [-0.2, 0) is 4.74 Å². The molecule has 1 aromatic heterocycles. The molecule has 4 heterocycles. The number of likely N-dealkylation sites (tertiary alicyclic amines) is 1. The van der Waals surface area contributed by atoms with E-state index in [0.29, 0.717) is 24.6 Å². The number of ether oxygens (including phenoxy) is 3. The van der Waals surface area contributed by atoms with Gasteiger partial charge < -0.3 is 19.1 Å². The van der Waals surface area contributed by atoms with Crippen LogP contribution >= 0.6 is 0 Å². The molecule has 5 rings (SSSR count). The molecular weight excluding hydrogens is 380 g/mol. The third-order valence-electron chi connectivity index (χ3n) is 6.97. The number of carbonyl (C=O) groups excluding carboxylic acids is 1. The molecule has 0 radical (unpaired) electrons. The van der Waals surface area contributed by atoms with Gasteiger partial charge in [0, 0.05) is 55.9 Å². The van der Waals surface area contributed by atoms with Crippen LogP contribution in [0.2, 0.25) is 0 Å². The second-order valence-electron chi connectivity index (χ2n) is 8.51. The van der Waals surface area contributed by atoms with Crippen molar-refractivity contribution in [3.05, 3.63) is 53.3 Å². The highest BCUT2D eigenvalue weighted by atomic mass is 16.5. The van der Waals surface area contributed by atoms with Crippen molar-refractivity contribution in [2.75, 3.05) is 26.8 Å². The van der Waals surface area contributed by atoms with E-state index < -0.39 is 0 Å². The first kappa shape index (κ1) is 19.4. The summed E-state index contributed by atoms with van der Waals surface area (Å²) >= 11 is 0. The molecule has 0 bridgehead atoms. The summed E-state index contributed by atoms with van der Waals surface area (Å²) in [5.41, 5.74) is 2.22. The molecule has 1 spiro atoms. The molecule has 0 N–H and O–H groups in total. The van der Waals surface area contributed by atoms with Crippen LogP contribution in [-0.4, -0.2) is 48.2 Å². The van der Waals surface area contributed by atoms with E-state index in [1.165, 1.54) is 0 Å². The molecule has 2 saturated heterocycles. The molecule has 2 fully saturated rings. The van der Waals surface area contributed by atoms with Crippen molar-refractivity contribution >= 4 is 5.91 Å². The number of piperidine rings is 1.